The first kappa shape index (κ1) is 25.3. The Balaban J connectivity index is 0.000000383. The second-order valence-electron chi connectivity index (χ2n) is 9.22. The smallest absolute Gasteiger partial charge is 0.475 e. The first-order valence-corrected chi connectivity index (χ1v) is 11.4. The highest BCUT2D eigenvalue weighted by molar-refractivity contribution is 5.73. The molecule has 2 aromatic rings. The van der Waals surface area contributed by atoms with Gasteiger partial charge in [0.25, 0.3) is 0 Å². The zero-order valence-electron chi connectivity index (χ0n) is 19.2. The Hall–Kier alpha value is -2.33. The van der Waals surface area contributed by atoms with Crippen LogP contribution in [0, 0.1) is 11.8 Å². The number of rotatable bonds is 8. The standard InChI is InChI=1S/C21H32N4O.C2HF3O2/c1-17(2)25-14-20(10-22-25)12-23-11-19(7-9-26-16-18-5-6-18)13-24-8-3-4-21(24)15-23;3-2(4,5)1(6)7/h3-4,8,10,14,17-19H,5-7,9,11-13,15-16H2,1-2H3;(H,6,7). The van der Waals surface area contributed by atoms with Crippen molar-refractivity contribution in [3.8, 4) is 0 Å². The summed E-state index contributed by atoms with van der Waals surface area (Å²) in [5.74, 6) is -1.26. The van der Waals surface area contributed by atoms with Crippen LogP contribution in [-0.2, 0) is 29.2 Å². The van der Waals surface area contributed by atoms with Crippen molar-refractivity contribution in [2.24, 2.45) is 11.8 Å². The van der Waals surface area contributed by atoms with Crippen LogP contribution in [0.3, 0.4) is 0 Å². The topological polar surface area (TPSA) is 72.5 Å². The van der Waals surface area contributed by atoms with Crippen LogP contribution < -0.4 is 0 Å². The lowest BCUT2D eigenvalue weighted by atomic mass is 10.1. The maximum absolute atomic E-state index is 10.6. The minimum absolute atomic E-state index is 0.418. The molecule has 1 unspecified atom stereocenters. The Morgan fingerprint density at radius 3 is 2.61 bits per heavy atom. The number of alkyl halides is 3. The van der Waals surface area contributed by atoms with Gasteiger partial charge in [0.15, 0.2) is 0 Å². The number of hydrogen-bond donors (Lipinski definition) is 1. The Labute approximate surface area is 192 Å². The molecule has 0 aromatic carbocycles. The van der Waals surface area contributed by atoms with E-state index < -0.39 is 12.1 Å². The lowest BCUT2D eigenvalue weighted by Crippen LogP contribution is -2.28. The fourth-order valence-corrected chi connectivity index (χ4v) is 3.85. The molecule has 0 radical (unpaired) electrons. The molecular formula is C23H33F3N4O3. The molecule has 0 saturated heterocycles. The van der Waals surface area contributed by atoms with E-state index in [1.54, 1.807) is 0 Å². The second kappa shape index (κ2) is 11.2. The SMILES string of the molecule is CC(C)n1cc(CN2Cc3cccn3CC(CCOCC3CC3)C2)cn1.O=C(O)C(F)(F)F. The third-order valence-corrected chi connectivity index (χ3v) is 5.83. The minimum atomic E-state index is -5.08. The van der Waals surface area contributed by atoms with Crippen molar-refractivity contribution in [3.63, 3.8) is 0 Å². The fourth-order valence-electron chi connectivity index (χ4n) is 3.85. The third kappa shape index (κ3) is 8.19. The van der Waals surface area contributed by atoms with E-state index in [1.165, 1.54) is 24.1 Å². The van der Waals surface area contributed by atoms with Gasteiger partial charge in [-0.3, -0.25) is 9.58 Å². The summed E-state index contributed by atoms with van der Waals surface area (Å²) < 4.78 is 42.1. The maximum atomic E-state index is 10.6. The minimum Gasteiger partial charge on any atom is -0.475 e. The average Bonchev–Trinajstić information content (AvgIpc) is 3.32. The van der Waals surface area contributed by atoms with Crippen LogP contribution in [0.2, 0.25) is 0 Å². The molecule has 3 heterocycles. The van der Waals surface area contributed by atoms with E-state index in [1.807, 2.05) is 6.20 Å². The lowest BCUT2D eigenvalue weighted by molar-refractivity contribution is -0.192. The van der Waals surface area contributed by atoms with E-state index in [9.17, 15) is 13.2 Å². The molecule has 1 aliphatic carbocycles. The van der Waals surface area contributed by atoms with E-state index in [2.05, 4.69) is 57.6 Å². The molecule has 7 nitrogen and oxygen atoms in total. The van der Waals surface area contributed by atoms with Gasteiger partial charge < -0.3 is 14.4 Å². The van der Waals surface area contributed by atoms with Gasteiger partial charge in [0.05, 0.1) is 6.20 Å². The number of fused-ring (bicyclic) bond motifs is 1. The first-order chi connectivity index (χ1) is 15.6. The summed E-state index contributed by atoms with van der Waals surface area (Å²) in [5, 5.41) is 11.6. The highest BCUT2D eigenvalue weighted by atomic mass is 19.4. The summed E-state index contributed by atoms with van der Waals surface area (Å²) >= 11 is 0. The first-order valence-electron chi connectivity index (χ1n) is 11.4. The summed E-state index contributed by atoms with van der Waals surface area (Å²) in [6, 6.07) is 4.86. The molecule has 0 spiro atoms. The molecule has 2 aliphatic rings. The number of carboxylic acid groups (broad SMARTS) is 1. The predicted octanol–water partition coefficient (Wildman–Crippen LogP) is 4.35. The number of ether oxygens (including phenoxy) is 1. The van der Waals surface area contributed by atoms with Crippen molar-refractivity contribution in [1.82, 2.24) is 19.2 Å². The molecule has 1 atom stereocenters. The van der Waals surface area contributed by atoms with Crippen molar-refractivity contribution in [3.05, 3.63) is 42.0 Å². The largest absolute Gasteiger partial charge is 0.490 e. The van der Waals surface area contributed by atoms with Gasteiger partial charge in [0, 0.05) is 69.1 Å². The Kier molecular flexibility index (Phi) is 8.58. The molecule has 0 amide bonds. The molecule has 10 heteroatoms. The molecule has 1 N–H and O–H groups in total. The van der Waals surface area contributed by atoms with Crippen molar-refractivity contribution < 1.29 is 27.8 Å². The number of nitrogens with zero attached hydrogens (tertiary/aromatic N) is 4. The average molecular weight is 471 g/mol. The summed E-state index contributed by atoms with van der Waals surface area (Å²) in [5.41, 5.74) is 2.73. The van der Waals surface area contributed by atoms with Gasteiger partial charge >= 0.3 is 12.1 Å². The molecule has 33 heavy (non-hydrogen) atoms. The highest BCUT2D eigenvalue weighted by Gasteiger charge is 2.38. The Morgan fingerprint density at radius 1 is 1.27 bits per heavy atom. The quantitative estimate of drug-likeness (QED) is 0.581. The van der Waals surface area contributed by atoms with Gasteiger partial charge in [-0.25, -0.2) is 4.79 Å². The number of aliphatic carboxylic acids is 1. The van der Waals surface area contributed by atoms with Crippen LogP contribution in [0.15, 0.2) is 30.7 Å². The Bertz CT molecular complexity index is 890. The lowest BCUT2D eigenvalue weighted by Gasteiger charge is -2.23. The molecule has 2 aromatic heterocycles. The number of halogens is 3. The summed E-state index contributed by atoms with van der Waals surface area (Å²) in [4.78, 5) is 11.5. The third-order valence-electron chi connectivity index (χ3n) is 5.83. The van der Waals surface area contributed by atoms with E-state index >= 15 is 0 Å². The van der Waals surface area contributed by atoms with Gasteiger partial charge in [0.2, 0.25) is 0 Å². The Morgan fingerprint density at radius 2 is 2.00 bits per heavy atom. The number of hydrogen-bond acceptors (Lipinski definition) is 4. The summed E-state index contributed by atoms with van der Waals surface area (Å²) in [6.07, 6.45) is 5.25. The molecule has 1 saturated carbocycles. The van der Waals surface area contributed by atoms with Gasteiger partial charge in [-0.15, -0.1) is 0 Å². The maximum Gasteiger partial charge on any atom is 0.490 e. The van der Waals surface area contributed by atoms with E-state index in [-0.39, 0.29) is 0 Å². The fraction of sp³-hybridized carbons (Fsp3) is 0.652. The van der Waals surface area contributed by atoms with Gasteiger partial charge in [0.1, 0.15) is 0 Å². The van der Waals surface area contributed by atoms with E-state index in [4.69, 9.17) is 14.6 Å². The molecule has 1 fully saturated rings. The molecular weight excluding hydrogens is 437 g/mol. The second-order valence-corrected chi connectivity index (χ2v) is 9.22. The normalized spacial score (nSPS) is 19.0. The van der Waals surface area contributed by atoms with Crippen LogP contribution in [0.5, 0.6) is 0 Å². The monoisotopic (exact) mass is 470 g/mol. The summed E-state index contributed by atoms with van der Waals surface area (Å²) in [7, 11) is 0. The van der Waals surface area contributed by atoms with Crippen LogP contribution in [0.25, 0.3) is 0 Å². The van der Waals surface area contributed by atoms with Crippen LogP contribution in [0.4, 0.5) is 13.2 Å². The molecule has 4 rings (SSSR count). The zero-order valence-corrected chi connectivity index (χ0v) is 19.2. The van der Waals surface area contributed by atoms with Crippen LogP contribution in [0.1, 0.15) is 50.4 Å². The van der Waals surface area contributed by atoms with Gasteiger partial charge in [-0.2, -0.15) is 18.3 Å². The summed E-state index contributed by atoms with van der Waals surface area (Å²) in [6.45, 7) is 10.4. The highest BCUT2D eigenvalue weighted by Crippen LogP contribution is 2.29. The zero-order chi connectivity index (χ0) is 24.0. The van der Waals surface area contributed by atoms with Crippen LogP contribution >= 0.6 is 0 Å². The number of carbonyl (C=O) groups is 1. The van der Waals surface area contributed by atoms with E-state index in [0.29, 0.717) is 12.0 Å². The van der Waals surface area contributed by atoms with Gasteiger partial charge in [-0.05, 0) is 57.1 Å². The predicted molar refractivity (Wildman–Crippen MR) is 116 cm³/mol. The van der Waals surface area contributed by atoms with Gasteiger partial charge in [-0.1, -0.05) is 0 Å². The van der Waals surface area contributed by atoms with Crippen molar-refractivity contribution in [1.29, 1.82) is 0 Å². The van der Waals surface area contributed by atoms with E-state index in [0.717, 1.165) is 51.7 Å². The molecule has 0 bridgehead atoms. The van der Waals surface area contributed by atoms with Crippen molar-refractivity contribution in [2.75, 3.05) is 19.8 Å². The number of carboxylic acids is 1. The van der Waals surface area contributed by atoms with Crippen LogP contribution in [-0.4, -0.2) is 56.3 Å². The molecule has 1 aliphatic heterocycles. The molecule has 184 valence electrons. The van der Waals surface area contributed by atoms with Crippen molar-refractivity contribution >= 4 is 5.97 Å². The van der Waals surface area contributed by atoms with Crippen molar-refractivity contribution in [2.45, 2.75) is 65.0 Å². The number of aromatic nitrogens is 3.